The number of nitrogens with one attached hydrogen (secondary N) is 1. The number of carbonyl (C=O) groups is 1. The van der Waals surface area contributed by atoms with E-state index in [0.29, 0.717) is 0 Å². The number of likely N-dealkylation sites (tertiary alicyclic amines) is 1. The minimum atomic E-state index is -0.447. The van der Waals surface area contributed by atoms with Gasteiger partial charge in [-0.2, -0.15) is 0 Å². The molecule has 128 valence electrons. The van der Waals surface area contributed by atoms with Gasteiger partial charge in [-0.15, -0.1) is 0 Å². The first-order valence-electron chi connectivity index (χ1n) is 8.98. The maximum Gasteiger partial charge on any atom is 0.241 e. The van der Waals surface area contributed by atoms with Crippen molar-refractivity contribution >= 4 is 11.6 Å². The van der Waals surface area contributed by atoms with Crippen molar-refractivity contribution in [2.24, 2.45) is 11.7 Å². The molecular weight excluding hydrogens is 286 g/mol. The van der Waals surface area contributed by atoms with E-state index in [9.17, 15) is 4.79 Å². The highest BCUT2D eigenvalue weighted by Gasteiger charge is 2.19. The van der Waals surface area contributed by atoms with Gasteiger partial charge in [-0.3, -0.25) is 9.69 Å². The number of carbonyl (C=O) groups excluding carboxylic acids is 1. The SMILES string of the molecule is CCC(C)C(N)C(=O)Nc1ccc(CN2CCCCCC2)cc1. The molecule has 0 aliphatic carbocycles. The van der Waals surface area contributed by atoms with Gasteiger partial charge in [0, 0.05) is 12.2 Å². The van der Waals surface area contributed by atoms with E-state index in [4.69, 9.17) is 5.73 Å². The minimum absolute atomic E-state index is 0.0976. The molecule has 0 bridgehead atoms. The molecule has 0 saturated carbocycles. The van der Waals surface area contributed by atoms with Crippen LogP contribution in [0.1, 0.15) is 51.5 Å². The number of benzene rings is 1. The molecule has 1 heterocycles. The maximum absolute atomic E-state index is 12.1. The van der Waals surface area contributed by atoms with Crippen LogP contribution < -0.4 is 11.1 Å². The number of anilines is 1. The van der Waals surface area contributed by atoms with Crippen LogP contribution in [0.2, 0.25) is 0 Å². The van der Waals surface area contributed by atoms with Gasteiger partial charge < -0.3 is 11.1 Å². The first-order valence-corrected chi connectivity index (χ1v) is 8.98. The quantitative estimate of drug-likeness (QED) is 0.845. The Morgan fingerprint density at radius 3 is 2.35 bits per heavy atom. The summed E-state index contributed by atoms with van der Waals surface area (Å²) in [6, 6.07) is 7.73. The Hall–Kier alpha value is -1.39. The number of nitrogens with zero attached hydrogens (tertiary/aromatic N) is 1. The number of rotatable bonds is 6. The summed E-state index contributed by atoms with van der Waals surface area (Å²) in [4.78, 5) is 14.6. The largest absolute Gasteiger partial charge is 0.325 e. The van der Waals surface area contributed by atoms with Crippen molar-refractivity contribution in [1.82, 2.24) is 4.90 Å². The van der Waals surface area contributed by atoms with Crippen LogP contribution >= 0.6 is 0 Å². The molecule has 0 spiro atoms. The highest BCUT2D eigenvalue weighted by Crippen LogP contribution is 2.16. The zero-order valence-corrected chi connectivity index (χ0v) is 14.6. The van der Waals surface area contributed by atoms with E-state index in [1.807, 2.05) is 19.1 Å². The molecule has 4 heteroatoms. The monoisotopic (exact) mass is 317 g/mol. The van der Waals surface area contributed by atoms with Crippen LogP contribution in [0.25, 0.3) is 0 Å². The number of nitrogens with two attached hydrogens (primary N) is 1. The summed E-state index contributed by atoms with van der Waals surface area (Å²) in [5.74, 6) is 0.0944. The lowest BCUT2D eigenvalue weighted by Gasteiger charge is -2.20. The van der Waals surface area contributed by atoms with E-state index < -0.39 is 6.04 Å². The molecule has 2 rings (SSSR count). The fraction of sp³-hybridized carbons (Fsp3) is 0.632. The predicted molar refractivity (Wildman–Crippen MR) is 96.2 cm³/mol. The molecule has 1 saturated heterocycles. The Kier molecular flexibility index (Phi) is 7.06. The lowest BCUT2D eigenvalue weighted by atomic mass is 9.99. The average molecular weight is 317 g/mol. The third-order valence-corrected chi connectivity index (χ3v) is 4.89. The van der Waals surface area contributed by atoms with Crippen LogP contribution in [0.15, 0.2) is 24.3 Å². The van der Waals surface area contributed by atoms with Gasteiger partial charge in [-0.05, 0) is 49.5 Å². The second-order valence-electron chi connectivity index (χ2n) is 6.79. The summed E-state index contributed by atoms with van der Waals surface area (Å²) in [7, 11) is 0. The summed E-state index contributed by atoms with van der Waals surface area (Å²) < 4.78 is 0. The zero-order chi connectivity index (χ0) is 16.7. The van der Waals surface area contributed by atoms with Crippen molar-refractivity contribution in [1.29, 1.82) is 0 Å². The van der Waals surface area contributed by atoms with Gasteiger partial charge in [0.2, 0.25) is 5.91 Å². The van der Waals surface area contributed by atoms with Gasteiger partial charge in [-0.1, -0.05) is 45.2 Å². The highest BCUT2D eigenvalue weighted by atomic mass is 16.2. The normalized spacial score (nSPS) is 18.9. The predicted octanol–water partition coefficient (Wildman–Crippen LogP) is 3.37. The molecule has 1 fully saturated rings. The van der Waals surface area contributed by atoms with Crippen molar-refractivity contribution in [2.75, 3.05) is 18.4 Å². The van der Waals surface area contributed by atoms with Crippen molar-refractivity contribution < 1.29 is 4.79 Å². The van der Waals surface area contributed by atoms with Gasteiger partial charge in [-0.25, -0.2) is 0 Å². The van der Waals surface area contributed by atoms with E-state index >= 15 is 0 Å². The van der Waals surface area contributed by atoms with E-state index in [2.05, 4.69) is 29.3 Å². The summed E-state index contributed by atoms with van der Waals surface area (Å²) in [5, 5.41) is 2.92. The Morgan fingerprint density at radius 1 is 1.17 bits per heavy atom. The topological polar surface area (TPSA) is 58.4 Å². The Labute approximate surface area is 140 Å². The maximum atomic E-state index is 12.1. The third kappa shape index (κ3) is 5.63. The molecule has 1 aromatic rings. The molecule has 1 amide bonds. The molecule has 2 unspecified atom stereocenters. The highest BCUT2D eigenvalue weighted by molar-refractivity contribution is 5.94. The number of hydrogen-bond acceptors (Lipinski definition) is 3. The summed E-state index contributed by atoms with van der Waals surface area (Å²) in [5.41, 5.74) is 8.10. The van der Waals surface area contributed by atoms with E-state index in [0.717, 1.165) is 18.7 Å². The molecule has 3 N–H and O–H groups in total. The lowest BCUT2D eigenvalue weighted by Crippen LogP contribution is -2.40. The average Bonchev–Trinajstić information content (AvgIpc) is 2.83. The number of hydrogen-bond donors (Lipinski definition) is 2. The van der Waals surface area contributed by atoms with Gasteiger partial charge >= 0.3 is 0 Å². The van der Waals surface area contributed by atoms with Crippen LogP contribution in [0.5, 0.6) is 0 Å². The van der Waals surface area contributed by atoms with Crippen molar-refractivity contribution in [3.05, 3.63) is 29.8 Å². The van der Waals surface area contributed by atoms with Gasteiger partial charge in [0.15, 0.2) is 0 Å². The minimum Gasteiger partial charge on any atom is -0.325 e. The molecule has 23 heavy (non-hydrogen) atoms. The fourth-order valence-corrected chi connectivity index (χ4v) is 2.98. The Balaban J connectivity index is 1.87. The zero-order valence-electron chi connectivity index (χ0n) is 14.6. The second kappa shape index (κ2) is 9.04. The summed E-state index contributed by atoms with van der Waals surface area (Å²) in [6.07, 6.45) is 6.24. The van der Waals surface area contributed by atoms with Crippen molar-refractivity contribution in [3.8, 4) is 0 Å². The fourth-order valence-electron chi connectivity index (χ4n) is 2.98. The molecule has 0 radical (unpaired) electrons. The van der Waals surface area contributed by atoms with E-state index in [1.54, 1.807) is 0 Å². The van der Waals surface area contributed by atoms with Crippen molar-refractivity contribution in [3.63, 3.8) is 0 Å². The van der Waals surface area contributed by atoms with Crippen LogP contribution in [-0.4, -0.2) is 29.9 Å². The standard InChI is InChI=1S/C19H31N3O/c1-3-15(2)18(20)19(23)21-17-10-8-16(9-11-17)14-22-12-6-4-5-7-13-22/h8-11,15,18H,3-7,12-14,20H2,1-2H3,(H,21,23). The molecular formula is C19H31N3O. The molecule has 1 aliphatic rings. The third-order valence-electron chi connectivity index (χ3n) is 4.89. The van der Waals surface area contributed by atoms with Crippen LogP contribution in [0.4, 0.5) is 5.69 Å². The molecule has 4 nitrogen and oxygen atoms in total. The lowest BCUT2D eigenvalue weighted by molar-refractivity contribution is -0.118. The van der Waals surface area contributed by atoms with Crippen molar-refractivity contribution in [2.45, 2.75) is 58.5 Å². The van der Waals surface area contributed by atoms with Crippen LogP contribution in [-0.2, 0) is 11.3 Å². The number of amides is 1. The van der Waals surface area contributed by atoms with E-state index in [1.165, 1.54) is 44.3 Å². The molecule has 1 aromatic carbocycles. The smallest absolute Gasteiger partial charge is 0.241 e. The van der Waals surface area contributed by atoms with Gasteiger partial charge in [0.1, 0.15) is 0 Å². The summed E-state index contributed by atoms with van der Waals surface area (Å²) in [6.45, 7) is 7.45. The van der Waals surface area contributed by atoms with Crippen LogP contribution in [0.3, 0.4) is 0 Å². The van der Waals surface area contributed by atoms with Crippen LogP contribution in [0, 0.1) is 5.92 Å². The van der Waals surface area contributed by atoms with E-state index in [-0.39, 0.29) is 11.8 Å². The molecule has 1 aliphatic heterocycles. The van der Waals surface area contributed by atoms with Gasteiger partial charge in [0.25, 0.3) is 0 Å². The first-order chi connectivity index (χ1) is 11.1. The second-order valence-corrected chi connectivity index (χ2v) is 6.79. The Bertz CT molecular complexity index is 478. The molecule has 2 atom stereocenters. The molecule has 0 aromatic heterocycles. The Morgan fingerprint density at radius 2 is 1.78 bits per heavy atom. The van der Waals surface area contributed by atoms with Gasteiger partial charge in [0.05, 0.1) is 6.04 Å². The first kappa shape index (κ1) is 18.0. The summed E-state index contributed by atoms with van der Waals surface area (Å²) >= 11 is 0.